The third-order valence-electron chi connectivity index (χ3n) is 1.40. The fourth-order valence-electron chi connectivity index (χ4n) is 0.912. The van der Waals surface area contributed by atoms with E-state index in [0.29, 0.717) is 19.1 Å². The molecule has 0 N–H and O–H groups in total. The third-order valence-corrected chi connectivity index (χ3v) is 2.13. The molecule has 0 saturated carbocycles. The van der Waals surface area contributed by atoms with Crippen LogP contribution in [0.3, 0.4) is 0 Å². The first-order valence-corrected chi connectivity index (χ1v) is 4.99. The Morgan fingerprint density at radius 1 is 1.31 bits per heavy atom. The maximum Gasteiger partial charge on any atom is 0.231 e. The highest BCUT2D eigenvalue weighted by atomic mass is 79.9. The van der Waals surface area contributed by atoms with Gasteiger partial charge in [-0.25, -0.2) is 4.98 Å². The van der Waals surface area contributed by atoms with Crippen molar-refractivity contribution in [2.24, 2.45) is 0 Å². The molecule has 13 heavy (non-hydrogen) atoms. The van der Waals surface area contributed by atoms with Crippen molar-refractivity contribution in [2.45, 2.75) is 13.8 Å². The summed E-state index contributed by atoms with van der Waals surface area (Å²) in [5, 5.41) is 0. The van der Waals surface area contributed by atoms with Gasteiger partial charge < -0.3 is 9.47 Å². The molecular weight excluding hydrogens is 234 g/mol. The van der Waals surface area contributed by atoms with E-state index < -0.39 is 0 Å². The quantitative estimate of drug-likeness (QED) is 0.818. The van der Waals surface area contributed by atoms with E-state index in [2.05, 4.69) is 20.9 Å². The molecule has 0 aromatic carbocycles. The zero-order chi connectivity index (χ0) is 9.68. The van der Waals surface area contributed by atoms with Gasteiger partial charge in [-0.15, -0.1) is 0 Å². The second-order valence-corrected chi connectivity index (χ2v) is 3.09. The van der Waals surface area contributed by atoms with Crippen LogP contribution in [0.1, 0.15) is 13.8 Å². The number of hydrogen-bond acceptors (Lipinski definition) is 3. The van der Waals surface area contributed by atoms with Gasteiger partial charge in [-0.1, -0.05) is 0 Å². The second kappa shape index (κ2) is 5.07. The van der Waals surface area contributed by atoms with Crippen molar-refractivity contribution >= 4 is 15.9 Å². The average Bonchev–Trinajstić information content (AvgIpc) is 2.13. The molecule has 1 aromatic rings. The Kier molecular flexibility index (Phi) is 4.02. The molecule has 0 radical (unpaired) electrons. The van der Waals surface area contributed by atoms with Crippen LogP contribution in [-0.4, -0.2) is 18.2 Å². The minimum absolute atomic E-state index is 0.577. The van der Waals surface area contributed by atoms with Gasteiger partial charge in [0.2, 0.25) is 5.88 Å². The molecule has 0 bridgehead atoms. The molecule has 0 fully saturated rings. The Morgan fingerprint density at radius 3 is 2.62 bits per heavy atom. The predicted molar refractivity (Wildman–Crippen MR) is 54.3 cm³/mol. The molecule has 1 heterocycles. The van der Waals surface area contributed by atoms with E-state index in [0.717, 1.165) is 10.2 Å². The number of halogens is 1. The number of ether oxygens (including phenoxy) is 2. The molecule has 0 unspecified atom stereocenters. The summed E-state index contributed by atoms with van der Waals surface area (Å²) in [4.78, 5) is 4.06. The normalized spacial score (nSPS) is 9.77. The second-order valence-electron chi connectivity index (χ2n) is 2.29. The Morgan fingerprint density at radius 2 is 2.00 bits per heavy atom. The molecule has 0 aliphatic carbocycles. The number of aromatic nitrogens is 1. The van der Waals surface area contributed by atoms with Crippen molar-refractivity contribution in [3.8, 4) is 11.6 Å². The molecule has 1 aromatic heterocycles. The van der Waals surface area contributed by atoms with E-state index in [1.165, 1.54) is 0 Å². The standard InChI is InChI=1S/C9H12BrNO2/c1-3-12-7-5-6-11-9(8(7)10)13-4-2/h5-6H,3-4H2,1-2H3. The van der Waals surface area contributed by atoms with E-state index in [9.17, 15) is 0 Å². The summed E-state index contributed by atoms with van der Waals surface area (Å²) in [5.41, 5.74) is 0. The van der Waals surface area contributed by atoms with Gasteiger partial charge in [-0.2, -0.15) is 0 Å². The first-order valence-electron chi connectivity index (χ1n) is 4.19. The lowest BCUT2D eigenvalue weighted by atomic mass is 10.4. The molecule has 3 nitrogen and oxygen atoms in total. The van der Waals surface area contributed by atoms with Gasteiger partial charge in [0.1, 0.15) is 10.2 Å². The Bertz CT molecular complexity index is 254. The van der Waals surface area contributed by atoms with Gasteiger partial charge in [0, 0.05) is 6.20 Å². The van der Waals surface area contributed by atoms with Crippen molar-refractivity contribution in [3.63, 3.8) is 0 Å². The number of hydrogen-bond donors (Lipinski definition) is 0. The summed E-state index contributed by atoms with van der Waals surface area (Å²) in [6.45, 7) is 5.09. The predicted octanol–water partition coefficient (Wildman–Crippen LogP) is 2.64. The van der Waals surface area contributed by atoms with Gasteiger partial charge in [-0.3, -0.25) is 0 Å². The Balaban J connectivity index is 2.89. The van der Waals surface area contributed by atoms with Crippen LogP contribution in [-0.2, 0) is 0 Å². The largest absolute Gasteiger partial charge is 0.492 e. The van der Waals surface area contributed by atoms with Crippen LogP contribution >= 0.6 is 15.9 Å². The van der Waals surface area contributed by atoms with Gasteiger partial charge >= 0.3 is 0 Å². The number of rotatable bonds is 4. The van der Waals surface area contributed by atoms with Crippen LogP contribution in [0.25, 0.3) is 0 Å². The van der Waals surface area contributed by atoms with Crippen LogP contribution in [0.4, 0.5) is 0 Å². The molecule has 0 amide bonds. The maximum absolute atomic E-state index is 5.36. The molecule has 4 heteroatoms. The molecule has 1 rings (SSSR count). The third kappa shape index (κ3) is 2.59. The van der Waals surface area contributed by atoms with Crippen molar-refractivity contribution in [3.05, 3.63) is 16.7 Å². The molecule has 0 saturated heterocycles. The molecule has 0 aliphatic rings. The lowest BCUT2D eigenvalue weighted by molar-refractivity contribution is 0.309. The van der Waals surface area contributed by atoms with Gasteiger partial charge in [0.25, 0.3) is 0 Å². The van der Waals surface area contributed by atoms with E-state index in [-0.39, 0.29) is 0 Å². The monoisotopic (exact) mass is 245 g/mol. The van der Waals surface area contributed by atoms with Gasteiger partial charge in [0.15, 0.2) is 0 Å². The fraction of sp³-hybridized carbons (Fsp3) is 0.444. The summed E-state index contributed by atoms with van der Waals surface area (Å²) < 4.78 is 11.4. The smallest absolute Gasteiger partial charge is 0.231 e. The average molecular weight is 246 g/mol. The van der Waals surface area contributed by atoms with E-state index >= 15 is 0 Å². The summed E-state index contributed by atoms with van der Waals surface area (Å²) in [6.07, 6.45) is 1.67. The highest BCUT2D eigenvalue weighted by molar-refractivity contribution is 9.10. The SMILES string of the molecule is CCOc1ccnc(OCC)c1Br. The van der Waals surface area contributed by atoms with Crippen molar-refractivity contribution < 1.29 is 9.47 Å². The molecule has 0 aliphatic heterocycles. The first-order chi connectivity index (χ1) is 6.29. The highest BCUT2D eigenvalue weighted by Gasteiger charge is 2.07. The number of nitrogens with zero attached hydrogens (tertiary/aromatic N) is 1. The fourth-order valence-corrected chi connectivity index (χ4v) is 1.38. The first kappa shape index (κ1) is 10.3. The number of pyridine rings is 1. The molecule has 0 atom stereocenters. The van der Waals surface area contributed by atoms with Crippen molar-refractivity contribution in [2.75, 3.05) is 13.2 Å². The molecule has 72 valence electrons. The van der Waals surface area contributed by atoms with Gasteiger partial charge in [-0.05, 0) is 35.8 Å². The van der Waals surface area contributed by atoms with Crippen LogP contribution in [0, 0.1) is 0 Å². The van der Waals surface area contributed by atoms with Crippen LogP contribution in [0.15, 0.2) is 16.7 Å². The molecule has 0 spiro atoms. The lowest BCUT2D eigenvalue weighted by Crippen LogP contribution is -1.98. The maximum atomic E-state index is 5.36. The van der Waals surface area contributed by atoms with Crippen molar-refractivity contribution in [1.29, 1.82) is 0 Å². The summed E-state index contributed by atoms with van der Waals surface area (Å²) in [7, 11) is 0. The van der Waals surface area contributed by atoms with Crippen LogP contribution in [0.5, 0.6) is 11.6 Å². The topological polar surface area (TPSA) is 31.4 Å². The van der Waals surface area contributed by atoms with Crippen LogP contribution < -0.4 is 9.47 Å². The summed E-state index contributed by atoms with van der Waals surface area (Å²) >= 11 is 3.37. The summed E-state index contributed by atoms with van der Waals surface area (Å²) in [5.74, 6) is 1.34. The Labute approximate surface area is 86.2 Å². The zero-order valence-electron chi connectivity index (χ0n) is 7.71. The summed E-state index contributed by atoms with van der Waals surface area (Å²) in [6, 6.07) is 1.80. The zero-order valence-corrected chi connectivity index (χ0v) is 9.30. The van der Waals surface area contributed by atoms with E-state index in [1.807, 2.05) is 13.8 Å². The van der Waals surface area contributed by atoms with Crippen LogP contribution in [0.2, 0.25) is 0 Å². The van der Waals surface area contributed by atoms with E-state index in [1.54, 1.807) is 12.3 Å². The van der Waals surface area contributed by atoms with E-state index in [4.69, 9.17) is 9.47 Å². The minimum Gasteiger partial charge on any atom is -0.492 e. The highest BCUT2D eigenvalue weighted by Crippen LogP contribution is 2.31. The minimum atomic E-state index is 0.577. The Hall–Kier alpha value is -0.770. The van der Waals surface area contributed by atoms with Gasteiger partial charge in [0.05, 0.1) is 13.2 Å². The molecular formula is C9H12BrNO2. The van der Waals surface area contributed by atoms with Crippen molar-refractivity contribution in [1.82, 2.24) is 4.98 Å². The lowest BCUT2D eigenvalue weighted by Gasteiger charge is -2.08.